The maximum Gasteiger partial charge on any atom is 0.275 e. The van der Waals surface area contributed by atoms with E-state index in [4.69, 9.17) is 0 Å². The topological polar surface area (TPSA) is 72.2 Å². The average molecular weight is 329 g/mol. The van der Waals surface area contributed by atoms with Crippen molar-refractivity contribution in [3.63, 3.8) is 0 Å². The van der Waals surface area contributed by atoms with E-state index in [2.05, 4.69) is 20.3 Å². The lowest BCUT2D eigenvalue weighted by Gasteiger charge is -2.05. The summed E-state index contributed by atoms with van der Waals surface area (Å²) in [5, 5.41) is 2.80. The standard InChI is InChI=1S/C19H15N5O/c1-13-6-9-24-12-17(23-18(24)10-13)14-2-4-15(5-3-14)22-19(25)16-11-20-7-8-21-16/h2-12H,1H3,(H,22,25). The summed E-state index contributed by atoms with van der Waals surface area (Å²) >= 11 is 0. The molecule has 25 heavy (non-hydrogen) atoms. The van der Waals surface area contributed by atoms with Crippen molar-refractivity contribution in [2.24, 2.45) is 0 Å². The Balaban J connectivity index is 1.56. The second-order valence-electron chi connectivity index (χ2n) is 5.72. The summed E-state index contributed by atoms with van der Waals surface area (Å²) in [6.07, 6.45) is 8.44. The fourth-order valence-electron chi connectivity index (χ4n) is 2.56. The normalized spacial score (nSPS) is 10.8. The molecule has 0 unspecified atom stereocenters. The van der Waals surface area contributed by atoms with E-state index in [0.717, 1.165) is 16.9 Å². The molecule has 0 bridgehead atoms. The number of nitrogens with one attached hydrogen (secondary N) is 1. The largest absolute Gasteiger partial charge is 0.321 e. The molecule has 0 atom stereocenters. The number of benzene rings is 1. The monoisotopic (exact) mass is 329 g/mol. The molecular weight excluding hydrogens is 314 g/mol. The zero-order valence-electron chi connectivity index (χ0n) is 13.5. The van der Waals surface area contributed by atoms with Crippen LogP contribution in [0.15, 0.2) is 67.4 Å². The van der Waals surface area contributed by atoms with Crippen molar-refractivity contribution in [1.29, 1.82) is 0 Å². The molecule has 122 valence electrons. The number of fused-ring (bicyclic) bond motifs is 1. The second-order valence-corrected chi connectivity index (χ2v) is 5.72. The first-order valence-corrected chi connectivity index (χ1v) is 7.82. The molecule has 6 heteroatoms. The number of amides is 1. The number of hydrogen-bond acceptors (Lipinski definition) is 4. The van der Waals surface area contributed by atoms with Crippen LogP contribution >= 0.6 is 0 Å². The van der Waals surface area contributed by atoms with Crippen molar-refractivity contribution in [2.75, 3.05) is 5.32 Å². The van der Waals surface area contributed by atoms with Crippen LogP contribution < -0.4 is 5.32 Å². The highest BCUT2D eigenvalue weighted by Crippen LogP contribution is 2.22. The van der Waals surface area contributed by atoms with Crippen molar-refractivity contribution in [3.8, 4) is 11.3 Å². The van der Waals surface area contributed by atoms with Gasteiger partial charge in [0.25, 0.3) is 5.91 Å². The predicted octanol–water partition coefficient (Wildman–Crippen LogP) is 3.35. The molecule has 0 spiro atoms. The van der Waals surface area contributed by atoms with Gasteiger partial charge in [0.05, 0.1) is 11.9 Å². The quantitative estimate of drug-likeness (QED) is 0.625. The Bertz CT molecular complexity index is 1040. The summed E-state index contributed by atoms with van der Waals surface area (Å²) < 4.78 is 1.99. The lowest BCUT2D eigenvalue weighted by atomic mass is 10.1. The number of aromatic nitrogens is 4. The molecule has 0 aliphatic rings. The molecule has 1 N–H and O–H groups in total. The fourth-order valence-corrected chi connectivity index (χ4v) is 2.56. The van der Waals surface area contributed by atoms with Crippen molar-refractivity contribution in [1.82, 2.24) is 19.4 Å². The van der Waals surface area contributed by atoms with Crippen LogP contribution in [0.4, 0.5) is 5.69 Å². The molecule has 3 aromatic heterocycles. The number of hydrogen-bond donors (Lipinski definition) is 1. The van der Waals surface area contributed by atoms with Gasteiger partial charge >= 0.3 is 0 Å². The van der Waals surface area contributed by atoms with Gasteiger partial charge in [0.15, 0.2) is 0 Å². The number of nitrogens with zero attached hydrogens (tertiary/aromatic N) is 4. The molecule has 0 saturated heterocycles. The van der Waals surface area contributed by atoms with Crippen LogP contribution in [0, 0.1) is 6.92 Å². The zero-order chi connectivity index (χ0) is 17.2. The Labute approximate surface area is 144 Å². The van der Waals surface area contributed by atoms with Crippen molar-refractivity contribution >= 4 is 17.2 Å². The smallest absolute Gasteiger partial charge is 0.275 e. The summed E-state index contributed by atoms with van der Waals surface area (Å²) in [6.45, 7) is 2.04. The molecule has 1 amide bonds. The summed E-state index contributed by atoms with van der Waals surface area (Å²) in [5.41, 5.74) is 4.93. The van der Waals surface area contributed by atoms with Gasteiger partial charge in [-0.2, -0.15) is 0 Å². The van der Waals surface area contributed by atoms with Gasteiger partial charge in [-0.25, -0.2) is 9.97 Å². The van der Waals surface area contributed by atoms with Crippen molar-refractivity contribution in [2.45, 2.75) is 6.92 Å². The van der Waals surface area contributed by atoms with E-state index in [0.29, 0.717) is 5.69 Å². The van der Waals surface area contributed by atoms with Gasteiger partial charge in [-0.1, -0.05) is 12.1 Å². The maximum atomic E-state index is 12.1. The first-order chi connectivity index (χ1) is 12.2. The van der Waals surface area contributed by atoms with Gasteiger partial charge in [-0.05, 0) is 36.8 Å². The van der Waals surface area contributed by atoms with E-state index in [1.54, 1.807) is 0 Å². The molecule has 4 rings (SSSR count). The number of aryl methyl sites for hydroxylation is 1. The van der Waals surface area contributed by atoms with E-state index in [9.17, 15) is 4.79 Å². The van der Waals surface area contributed by atoms with Crippen LogP contribution in [0.3, 0.4) is 0 Å². The minimum Gasteiger partial charge on any atom is -0.321 e. The second kappa shape index (κ2) is 6.16. The number of anilines is 1. The number of pyridine rings is 1. The van der Waals surface area contributed by atoms with Crippen molar-refractivity contribution < 1.29 is 4.79 Å². The highest BCUT2D eigenvalue weighted by Gasteiger charge is 2.08. The number of rotatable bonds is 3. The van der Waals surface area contributed by atoms with Gasteiger partial charge in [-0.15, -0.1) is 0 Å². The molecule has 0 radical (unpaired) electrons. The number of carbonyl (C=O) groups excluding carboxylic acids is 1. The highest BCUT2D eigenvalue weighted by molar-refractivity contribution is 6.02. The molecule has 4 aromatic rings. The lowest BCUT2D eigenvalue weighted by molar-refractivity contribution is 0.102. The van der Waals surface area contributed by atoms with Crippen LogP contribution in [0.25, 0.3) is 16.9 Å². The average Bonchev–Trinajstić information content (AvgIpc) is 3.06. The third kappa shape index (κ3) is 3.10. The lowest BCUT2D eigenvalue weighted by Crippen LogP contribution is -2.13. The Morgan fingerprint density at radius 1 is 1.12 bits per heavy atom. The van der Waals surface area contributed by atoms with Gasteiger partial charge < -0.3 is 9.72 Å². The van der Waals surface area contributed by atoms with Crippen LogP contribution in [-0.2, 0) is 0 Å². The van der Waals surface area contributed by atoms with E-state index < -0.39 is 0 Å². The van der Waals surface area contributed by atoms with Gasteiger partial charge in [-0.3, -0.25) is 9.78 Å². The predicted molar refractivity (Wildman–Crippen MR) is 95.4 cm³/mol. The first kappa shape index (κ1) is 15.0. The first-order valence-electron chi connectivity index (χ1n) is 7.82. The van der Waals surface area contributed by atoms with Crippen LogP contribution in [0.2, 0.25) is 0 Å². The van der Waals surface area contributed by atoms with Gasteiger partial charge in [0.1, 0.15) is 11.3 Å². The summed E-state index contributed by atoms with van der Waals surface area (Å²) in [4.78, 5) is 24.6. The SMILES string of the molecule is Cc1ccn2cc(-c3ccc(NC(=O)c4cnccn4)cc3)nc2c1. The van der Waals surface area contributed by atoms with Crippen LogP contribution in [0.5, 0.6) is 0 Å². The number of imidazole rings is 1. The van der Waals surface area contributed by atoms with Gasteiger partial charge in [0.2, 0.25) is 0 Å². The minimum absolute atomic E-state index is 0.280. The van der Waals surface area contributed by atoms with E-state index >= 15 is 0 Å². The molecule has 1 aromatic carbocycles. The third-order valence-corrected chi connectivity index (χ3v) is 3.85. The third-order valence-electron chi connectivity index (χ3n) is 3.85. The summed E-state index contributed by atoms with van der Waals surface area (Å²) in [7, 11) is 0. The molecule has 3 heterocycles. The van der Waals surface area contributed by atoms with E-state index in [-0.39, 0.29) is 11.6 Å². The molecule has 0 aliphatic heterocycles. The molecule has 0 aliphatic carbocycles. The van der Waals surface area contributed by atoms with Crippen LogP contribution in [0.1, 0.15) is 16.1 Å². The highest BCUT2D eigenvalue weighted by atomic mass is 16.1. The Morgan fingerprint density at radius 3 is 2.72 bits per heavy atom. The van der Waals surface area contributed by atoms with Crippen molar-refractivity contribution in [3.05, 3.63) is 78.6 Å². The number of carbonyl (C=O) groups is 1. The Hall–Kier alpha value is -3.54. The molecule has 0 fully saturated rings. The Morgan fingerprint density at radius 2 is 1.96 bits per heavy atom. The minimum atomic E-state index is -0.288. The van der Waals surface area contributed by atoms with Gasteiger partial charge in [0, 0.05) is 36.0 Å². The van der Waals surface area contributed by atoms with Crippen LogP contribution in [-0.4, -0.2) is 25.3 Å². The summed E-state index contributed by atoms with van der Waals surface area (Å²) in [5.74, 6) is -0.288. The summed E-state index contributed by atoms with van der Waals surface area (Å²) in [6, 6.07) is 11.6. The van der Waals surface area contributed by atoms with E-state index in [1.807, 2.05) is 60.1 Å². The zero-order valence-corrected chi connectivity index (χ0v) is 13.5. The maximum absolute atomic E-state index is 12.1. The molecule has 6 nitrogen and oxygen atoms in total. The Kier molecular flexibility index (Phi) is 3.70. The van der Waals surface area contributed by atoms with E-state index in [1.165, 1.54) is 24.2 Å². The fraction of sp³-hybridized carbons (Fsp3) is 0.0526. The molecular formula is C19H15N5O. The molecule has 0 saturated carbocycles.